The van der Waals surface area contributed by atoms with Crippen LogP contribution >= 0.6 is 11.3 Å². The van der Waals surface area contributed by atoms with E-state index in [9.17, 15) is 13.2 Å². The van der Waals surface area contributed by atoms with E-state index in [0.717, 1.165) is 29.7 Å². The summed E-state index contributed by atoms with van der Waals surface area (Å²) < 4.78 is 23.2. The lowest BCUT2D eigenvalue weighted by molar-refractivity contribution is 0.103. The number of aryl methyl sites for hydroxylation is 2. The minimum atomic E-state index is -3.31. The normalized spacial score (nSPS) is 11.4. The Morgan fingerprint density at radius 3 is 2.73 bits per heavy atom. The third-order valence-corrected chi connectivity index (χ3v) is 5.29. The summed E-state index contributed by atoms with van der Waals surface area (Å²) in [5.74, 6) is -0.270. The molecule has 118 valence electrons. The molecule has 22 heavy (non-hydrogen) atoms. The maximum atomic E-state index is 12.3. The van der Waals surface area contributed by atoms with Gasteiger partial charge in [-0.2, -0.15) is 0 Å². The highest BCUT2D eigenvalue weighted by atomic mass is 32.2. The molecule has 0 aliphatic rings. The van der Waals surface area contributed by atoms with Crippen LogP contribution in [0, 0.1) is 6.92 Å². The molecule has 0 unspecified atom stereocenters. The van der Waals surface area contributed by atoms with Crippen LogP contribution < -0.4 is 5.32 Å². The number of nitrogens with one attached hydrogen (secondary N) is 1. The molecule has 0 saturated carbocycles. The third kappa shape index (κ3) is 3.92. The predicted octanol–water partition coefficient (Wildman–Crippen LogP) is 3.06. The number of sulfone groups is 1. The molecule has 5 nitrogen and oxygen atoms in total. The van der Waals surface area contributed by atoms with Crippen LogP contribution in [-0.4, -0.2) is 25.6 Å². The standard InChI is InChI=1S/C15H18N2O3S2/c1-4-5-14-16-9-13(21-14)15(18)17-12-8-11(22(3,19)20)7-6-10(12)2/h6-9H,4-5H2,1-3H3,(H,17,18). The van der Waals surface area contributed by atoms with Crippen molar-refractivity contribution in [3.63, 3.8) is 0 Å². The summed E-state index contributed by atoms with van der Waals surface area (Å²) in [6.07, 6.45) is 4.52. The molecule has 0 fully saturated rings. The number of aromatic nitrogens is 1. The van der Waals surface area contributed by atoms with Gasteiger partial charge in [-0.1, -0.05) is 13.0 Å². The van der Waals surface area contributed by atoms with E-state index in [4.69, 9.17) is 0 Å². The number of carbonyl (C=O) groups is 1. The van der Waals surface area contributed by atoms with E-state index in [1.165, 1.54) is 23.5 Å². The van der Waals surface area contributed by atoms with Crippen LogP contribution in [-0.2, 0) is 16.3 Å². The van der Waals surface area contributed by atoms with Crippen molar-refractivity contribution in [3.8, 4) is 0 Å². The summed E-state index contributed by atoms with van der Waals surface area (Å²) >= 11 is 1.36. The highest BCUT2D eigenvalue weighted by Gasteiger charge is 2.14. The van der Waals surface area contributed by atoms with Gasteiger partial charge in [-0.15, -0.1) is 11.3 Å². The van der Waals surface area contributed by atoms with Gasteiger partial charge in [-0.05, 0) is 37.5 Å². The number of carbonyl (C=O) groups excluding carboxylic acids is 1. The summed E-state index contributed by atoms with van der Waals surface area (Å²) in [6, 6.07) is 4.70. The van der Waals surface area contributed by atoms with E-state index in [1.54, 1.807) is 12.3 Å². The third-order valence-electron chi connectivity index (χ3n) is 3.13. The summed E-state index contributed by atoms with van der Waals surface area (Å²) in [5.41, 5.74) is 1.30. The molecule has 0 saturated heterocycles. The van der Waals surface area contributed by atoms with Gasteiger partial charge in [-0.25, -0.2) is 13.4 Å². The van der Waals surface area contributed by atoms with Gasteiger partial charge in [0.05, 0.1) is 16.1 Å². The zero-order valence-electron chi connectivity index (χ0n) is 12.7. The van der Waals surface area contributed by atoms with Crippen molar-refractivity contribution in [2.24, 2.45) is 0 Å². The molecule has 0 bridgehead atoms. The summed E-state index contributed by atoms with van der Waals surface area (Å²) in [7, 11) is -3.31. The highest BCUT2D eigenvalue weighted by molar-refractivity contribution is 7.90. The Labute approximate surface area is 134 Å². The lowest BCUT2D eigenvalue weighted by Gasteiger charge is -2.09. The van der Waals surface area contributed by atoms with E-state index in [0.29, 0.717) is 10.6 Å². The Morgan fingerprint density at radius 1 is 1.36 bits per heavy atom. The molecule has 1 aromatic carbocycles. The highest BCUT2D eigenvalue weighted by Crippen LogP contribution is 2.22. The molecule has 0 aliphatic heterocycles. The second-order valence-electron chi connectivity index (χ2n) is 5.07. The number of benzene rings is 1. The summed E-state index contributed by atoms with van der Waals surface area (Å²) in [4.78, 5) is 17.2. The Morgan fingerprint density at radius 2 is 2.09 bits per heavy atom. The second kappa shape index (κ2) is 6.58. The summed E-state index contributed by atoms with van der Waals surface area (Å²) in [5, 5.41) is 3.69. The summed E-state index contributed by atoms with van der Waals surface area (Å²) in [6.45, 7) is 3.87. The lowest BCUT2D eigenvalue weighted by Crippen LogP contribution is -2.12. The fourth-order valence-electron chi connectivity index (χ4n) is 1.90. The molecular weight excluding hydrogens is 320 g/mol. The van der Waals surface area contributed by atoms with Crippen molar-refractivity contribution in [3.05, 3.63) is 39.8 Å². The SMILES string of the molecule is CCCc1ncc(C(=O)Nc2cc(S(C)(=O)=O)ccc2C)s1. The van der Waals surface area contributed by atoms with Crippen LogP contribution in [0.15, 0.2) is 29.3 Å². The molecule has 0 aliphatic carbocycles. The molecule has 2 aromatic rings. The molecule has 0 atom stereocenters. The molecule has 1 aromatic heterocycles. The molecule has 7 heteroatoms. The fourth-order valence-corrected chi connectivity index (χ4v) is 3.46. The molecule has 1 heterocycles. The van der Waals surface area contributed by atoms with E-state index in [2.05, 4.69) is 17.2 Å². The first-order valence-corrected chi connectivity index (χ1v) is 9.59. The number of hydrogen-bond acceptors (Lipinski definition) is 5. The molecule has 1 amide bonds. The van der Waals surface area contributed by atoms with Crippen LogP contribution in [0.1, 0.15) is 33.6 Å². The van der Waals surface area contributed by atoms with Gasteiger partial charge < -0.3 is 5.32 Å². The zero-order valence-corrected chi connectivity index (χ0v) is 14.3. The van der Waals surface area contributed by atoms with Gasteiger partial charge in [0.1, 0.15) is 4.88 Å². The van der Waals surface area contributed by atoms with Crippen LogP contribution in [0.4, 0.5) is 5.69 Å². The zero-order chi connectivity index (χ0) is 16.3. The van der Waals surface area contributed by atoms with Crippen LogP contribution in [0.5, 0.6) is 0 Å². The van der Waals surface area contributed by atoms with Gasteiger partial charge in [0, 0.05) is 11.9 Å². The smallest absolute Gasteiger partial charge is 0.267 e. The predicted molar refractivity (Wildman–Crippen MR) is 88.4 cm³/mol. The van der Waals surface area contributed by atoms with Crippen molar-refractivity contribution < 1.29 is 13.2 Å². The van der Waals surface area contributed by atoms with Crippen molar-refractivity contribution >= 4 is 32.8 Å². The average molecular weight is 338 g/mol. The Kier molecular flexibility index (Phi) is 4.97. The van der Waals surface area contributed by atoms with E-state index < -0.39 is 9.84 Å². The van der Waals surface area contributed by atoms with Gasteiger partial charge in [-0.3, -0.25) is 4.79 Å². The monoisotopic (exact) mass is 338 g/mol. The number of hydrogen-bond donors (Lipinski definition) is 1. The van der Waals surface area contributed by atoms with Crippen molar-refractivity contribution in [2.75, 3.05) is 11.6 Å². The maximum Gasteiger partial charge on any atom is 0.267 e. The van der Waals surface area contributed by atoms with Crippen LogP contribution in [0.3, 0.4) is 0 Å². The number of thiazole rings is 1. The van der Waals surface area contributed by atoms with Gasteiger partial charge >= 0.3 is 0 Å². The van der Waals surface area contributed by atoms with E-state index in [-0.39, 0.29) is 10.8 Å². The number of nitrogens with zero attached hydrogens (tertiary/aromatic N) is 1. The molecule has 1 N–H and O–H groups in total. The Hall–Kier alpha value is -1.73. The lowest BCUT2D eigenvalue weighted by atomic mass is 10.2. The second-order valence-corrected chi connectivity index (χ2v) is 8.20. The molecule has 0 spiro atoms. The maximum absolute atomic E-state index is 12.3. The van der Waals surface area contributed by atoms with Gasteiger partial charge in [0.25, 0.3) is 5.91 Å². The molecule has 0 radical (unpaired) electrons. The Balaban J connectivity index is 2.24. The van der Waals surface area contributed by atoms with Crippen LogP contribution in [0.2, 0.25) is 0 Å². The van der Waals surface area contributed by atoms with E-state index in [1.807, 2.05) is 6.92 Å². The van der Waals surface area contributed by atoms with Crippen LogP contribution in [0.25, 0.3) is 0 Å². The average Bonchev–Trinajstić information content (AvgIpc) is 2.89. The number of anilines is 1. The first-order chi connectivity index (χ1) is 10.3. The topological polar surface area (TPSA) is 76.1 Å². The fraction of sp³-hybridized carbons (Fsp3) is 0.333. The first-order valence-electron chi connectivity index (χ1n) is 6.88. The largest absolute Gasteiger partial charge is 0.321 e. The molecular formula is C15H18N2O3S2. The number of rotatable bonds is 5. The van der Waals surface area contributed by atoms with Crippen molar-refractivity contribution in [2.45, 2.75) is 31.6 Å². The van der Waals surface area contributed by atoms with Crippen molar-refractivity contribution in [1.29, 1.82) is 0 Å². The Bertz CT molecular complexity index is 795. The van der Waals surface area contributed by atoms with E-state index >= 15 is 0 Å². The van der Waals surface area contributed by atoms with Gasteiger partial charge in [0.2, 0.25) is 0 Å². The number of amides is 1. The minimum absolute atomic E-state index is 0.185. The minimum Gasteiger partial charge on any atom is -0.321 e. The quantitative estimate of drug-likeness (QED) is 0.909. The van der Waals surface area contributed by atoms with Gasteiger partial charge in [0.15, 0.2) is 9.84 Å². The molecule has 2 rings (SSSR count). The van der Waals surface area contributed by atoms with Crippen molar-refractivity contribution in [1.82, 2.24) is 4.98 Å². The first kappa shape index (κ1) is 16.6.